The summed E-state index contributed by atoms with van der Waals surface area (Å²) in [6.45, 7) is 1.02. The Morgan fingerprint density at radius 1 is 1.36 bits per heavy atom. The molecule has 0 aromatic carbocycles. The Balaban J connectivity index is 1.94. The van der Waals surface area contributed by atoms with Crippen LogP contribution < -0.4 is 5.32 Å². The number of carbonyl (C=O) groups excluding carboxylic acids is 1. The van der Waals surface area contributed by atoms with Crippen molar-refractivity contribution in [1.29, 1.82) is 0 Å². The second kappa shape index (κ2) is 6.93. The maximum absolute atomic E-state index is 10.9. The molecule has 1 aliphatic rings. The van der Waals surface area contributed by atoms with Gasteiger partial charge in [-0.3, -0.25) is 4.79 Å². The lowest BCUT2D eigenvalue weighted by molar-refractivity contribution is -0.114. The molecule has 0 unspecified atom stereocenters. The minimum atomic E-state index is 0.273. The van der Waals surface area contributed by atoms with Gasteiger partial charge in [-0.2, -0.15) is 11.8 Å². The van der Waals surface area contributed by atoms with Gasteiger partial charge in [0, 0.05) is 24.7 Å². The molecule has 0 heterocycles. The summed E-state index contributed by atoms with van der Waals surface area (Å²) in [5, 5.41) is 3.32. The van der Waals surface area contributed by atoms with Crippen LogP contribution in [0.25, 0.3) is 0 Å². The summed E-state index contributed by atoms with van der Waals surface area (Å²) in [5.74, 6) is 1.54. The summed E-state index contributed by atoms with van der Waals surface area (Å²) in [6, 6.07) is 0. The zero-order valence-corrected chi connectivity index (χ0v) is 9.66. The zero-order valence-electron chi connectivity index (χ0n) is 8.84. The fraction of sp³-hybridized carbons (Fsp3) is 0.727. The van der Waals surface area contributed by atoms with E-state index in [0.29, 0.717) is 6.42 Å². The van der Waals surface area contributed by atoms with Gasteiger partial charge in [0.15, 0.2) is 5.78 Å². The van der Waals surface area contributed by atoms with E-state index in [-0.39, 0.29) is 5.78 Å². The van der Waals surface area contributed by atoms with Crippen LogP contribution in [0.5, 0.6) is 0 Å². The number of rotatable bonds is 7. The Hall–Kier alpha value is -0.440. The van der Waals surface area contributed by atoms with Crippen LogP contribution in [0.15, 0.2) is 11.8 Å². The summed E-state index contributed by atoms with van der Waals surface area (Å²) < 4.78 is 0. The lowest BCUT2D eigenvalue weighted by Gasteiger charge is -2.05. The van der Waals surface area contributed by atoms with E-state index in [2.05, 4.69) is 11.6 Å². The lowest BCUT2D eigenvalue weighted by Crippen LogP contribution is -2.13. The van der Waals surface area contributed by atoms with E-state index in [4.69, 9.17) is 0 Å². The molecule has 1 rings (SSSR count). The first-order valence-corrected chi connectivity index (χ1v) is 6.68. The van der Waals surface area contributed by atoms with Crippen LogP contribution in [0.4, 0.5) is 0 Å². The molecule has 0 bridgehead atoms. The SMILES string of the molecule is CSCCCCCNC1=CC(=O)CC1. The van der Waals surface area contributed by atoms with Crippen LogP contribution in [-0.2, 0) is 4.79 Å². The second-order valence-electron chi connectivity index (χ2n) is 3.62. The molecule has 0 aromatic rings. The zero-order chi connectivity index (χ0) is 10.2. The van der Waals surface area contributed by atoms with E-state index < -0.39 is 0 Å². The number of nitrogens with one attached hydrogen (secondary N) is 1. The van der Waals surface area contributed by atoms with Crippen molar-refractivity contribution in [2.24, 2.45) is 0 Å². The average Bonchev–Trinajstić information content (AvgIpc) is 2.58. The predicted molar refractivity (Wildman–Crippen MR) is 62.6 cm³/mol. The summed E-state index contributed by atoms with van der Waals surface area (Å²) in [5.41, 5.74) is 1.14. The second-order valence-corrected chi connectivity index (χ2v) is 4.60. The number of ketones is 1. The van der Waals surface area contributed by atoms with Gasteiger partial charge in [-0.25, -0.2) is 0 Å². The molecule has 0 spiro atoms. The largest absolute Gasteiger partial charge is 0.388 e. The van der Waals surface area contributed by atoms with Gasteiger partial charge in [-0.05, 0) is 31.3 Å². The Labute approximate surface area is 90.5 Å². The van der Waals surface area contributed by atoms with Crippen molar-refractivity contribution in [3.05, 3.63) is 11.8 Å². The van der Waals surface area contributed by atoms with Crippen LogP contribution in [0.2, 0.25) is 0 Å². The first-order valence-electron chi connectivity index (χ1n) is 5.29. The summed E-state index contributed by atoms with van der Waals surface area (Å²) in [7, 11) is 0. The third-order valence-corrected chi connectivity index (χ3v) is 3.05. The molecule has 2 nitrogen and oxygen atoms in total. The van der Waals surface area contributed by atoms with Crippen LogP contribution in [0.1, 0.15) is 32.1 Å². The normalized spacial score (nSPS) is 15.8. The van der Waals surface area contributed by atoms with Crippen molar-refractivity contribution in [3.63, 3.8) is 0 Å². The van der Waals surface area contributed by atoms with Crippen molar-refractivity contribution in [2.45, 2.75) is 32.1 Å². The fourth-order valence-corrected chi connectivity index (χ4v) is 2.03. The molecular formula is C11H19NOS. The number of allylic oxidation sites excluding steroid dienone is 2. The highest BCUT2D eigenvalue weighted by atomic mass is 32.2. The fourth-order valence-electron chi connectivity index (χ4n) is 1.53. The van der Waals surface area contributed by atoms with E-state index in [1.165, 1.54) is 25.0 Å². The van der Waals surface area contributed by atoms with Crippen molar-refractivity contribution < 1.29 is 4.79 Å². The van der Waals surface area contributed by atoms with Crippen molar-refractivity contribution in [3.8, 4) is 0 Å². The smallest absolute Gasteiger partial charge is 0.157 e. The highest BCUT2D eigenvalue weighted by Gasteiger charge is 2.10. The molecule has 1 aliphatic carbocycles. The van der Waals surface area contributed by atoms with E-state index in [9.17, 15) is 4.79 Å². The average molecular weight is 213 g/mol. The third-order valence-electron chi connectivity index (χ3n) is 2.35. The van der Waals surface area contributed by atoms with Crippen LogP contribution in [0, 0.1) is 0 Å². The number of hydrogen-bond donors (Lipinski definition) is 1. The minimum Gasteiger partial charge on any atom is -0.388 e. The van der Waals surface area contributed by atoms with Crippen molar-refractivity contribution in [2.75, 3.05) is 18.6 Å². The van der Waals surface area contributed by atoms with Crippen LogP contribution in [0.3, 0.4) is 0 Å². The Bertz CT molecular complexity index is 213. The van der Waals surface area contributed by atoms with E-state index in [1.807, 2.05) is 11.8 Å². The van der Waals surface area contributed by atoms with Gasteiger partial charge in [0.25, 0.3) is 0 Å². The maximum atomic E-state index is 10.9. The summed E-state index contributed by atoms with van der Waals surface area (Å²) in [4.78, 5) is 10.9. The summed E-state index contributed by atoms with van der Waals surface area (Å²) >= 11 is 1.91. The minimum absolute atomic E-state index is 0.273. The lowest BCUT2D eigenvalue weighted by atomic mass is 10.2. The monoisotopic (exact) mass is 213 g/mol. The third kappa shape index (κ3) is 4.70. The van der Waals surface area contributed by atoms with Gasteiger partial charge < -0.3 is 5.32 Å². The molecule has 1 N–H and O–H groups in total. The van der Waals surface area contributed by atoms with Crippen molar-refractivity contribution in [1.82, 2.24) is 5.32 Å². The van der Waals surface area contributed by atoms with Crippen LogP contribution in [-0.4, -0.2) is 24.3 Å². The first kappa shape index (κ1) is 11.6. The van der Waals surface area contributed by atoms with E-state index in [0.717, 1.165) is 18.7 Å². The molecule has 0 aromatic heterocycles. The molecule has 80 valence electrons. The van der Waals surface area contributed by atoms with Gasteiger partial charge >= 0.3 is 0 Å². The quantitative estimate of drug-likeness (QED) is 0.658. The first-order chi connectivity index (χ1) is 6.83. The van der Waals surface area contributed by atoms with E-state index >= 15 is 0 Å². The Kier molecular flexibility index (Phi) is 5.76. The van der Waals surface area contributed by atoms with Crippen molar-refractivity contribution >= 4 is 17.5 Å². The molecule has 0 fully saturated rings. The van der Waals surface area contributed by atoms with Crippen LogP contribution >= 0.6 is 11.8 Å². The number of carbonyl (C=O) groups is 1. The molecule has 0 saturated heterocycles. The highest BCUT2D eigenvalue weighted by molar-refractivity contribution is 7.98. The number of hydrogen-bond acceptors (Lipinski definition) is 3. The van der Waals surface area contributed by atoms with Gasteiger partial charge in [-0.1, -0.05) is 6.42 Å². The van der Waals surface area contributed by atoms with Gasteiger partial charge in [0.05, 0.1) is 0 Å². The molecule has 0 saturated carbocycles. The van der Waals surface area contributed by atoms with Gasteiger partial charge in [0.2, 0.25) is 0 Å². The molecular weight excluding hydrogens is 194 g/mol. The topological polar surface area (TPSA) is 29.1 Å². The molecule has 0 amide bonds. The highest BCUT2D eigenvalue weighted by Crippen LogP contribution is 2.11. The standard InChI is InChI=1S/C11H19NOS/c1-14-8-4-2-3-7-12-10-5-6-11(13)9-10/h9,12H,2-8H2,1H3. The molecule has 0 aliphatic heterocycles. The summed E-state index contributed by atoms with van der Waals surface area (Å²) in [6.07, 6.45) is 9.33. The van der Waals surface area contributed by atoms with Gasteiger partial charge in [0.1, 0.15) is 0 Å². The Morgan fingerprint density at radius 3 is 2.86 bits per heavy atom. The maximum Gasteiger partial charge on any atom is 0.157 e. The van der Waals surface area contributed by atoms with E-state index in [1.54, 1.807) is 6.08 Å². The molecule has 3 heteroatoms. The van der Waals surface area contributed by atoms with Gasteiger partial charge in [-0.15, -0.1) is 0 Å². The molecule has 0 atom stereocenters. The molecule has 14 heavy (non-hydrogen) atoms. The predicted octanol–water partition coefficient (Wildman–Crippen LogP) is 2.36. The Morgan fingerprint density at radius 2 is 2.21 bits per heavy atom. The number of unbranched alkanes of at least 4 members (excludes halogenated alkanes) is 2. The number of thioether (sulfide) groups is 1. The molecule has 0 radical (unpaired) electrons.